The highest BCUT2D eigenvalue weighted by molar-refractivity contribution is 7.91. The Balaban J connectivity index is 1.82. The van der Waals surface area contributed by atoms with Gasteiger partial charge in [-0.3, -0.25) is 9.59 Å². The van der Waals surface area contributed by atoms with Crippen LogP contribution in [0.25, 0.3) is 0 Å². The lowest BCUT2D eigenvalue weighted by atomic mass is 10.0. The molecule has 2 atom stereocenters. The number of anilines is 1. The summed E-state index contributed by atoms with van der Waals surface area (Å²) in [6.07, 6.45) is -0.435. The van der Waals surface area contributed by atoms with Crippen molar-refractivity contribution in [1.82, 2.24) is 0 Å². The smallest absolute Gasteiger partial charge is 0.306 e. The molecule has 1 saturated heterocycles. The molecule has 2 rings (SSSR count). The molecule has 1 fully saturated rings. The molecule has 1 aromatic carbocycles. The molecule has 1 aromatic rings. The molecule has 0 aromatic heterocycles. The summed E-state index contributed by atoms with van der Waals surface area (Å²) in [5, 5.41) is 2.71. The van der Waals surface area contributed by atoms with E-state index in [2.05, 4.69) is 19.2 Å². The molecule has 25 heavy (non-hydrogen) atoms. The first kappa shape index (κ1) is 19.4. The average molecular weight is 367 g/mol. The van der Waals surface area contributed by atoms with Crippen molar-refractivity contribution in [3.63, 3.8) is 0 Å². The van der Waals surface area contributed by atoms with Crippen molar-refractivity contribution in [3.05, 3.63) is 29.8 Å². The third kappa shape index (κ3) is 5.85. The maximum Gasteiger partial charge on any atom is 0.306 e. The number of amides is 1. The minimum Gasteiger partial charge on any atom is -0.453 e. The van der Waals surface area contributed by atoms with Gasteiger partial charge in [-0.15, -0.1) is 0 Å². The van der Waals surface area contributed by atoms with E-state index < -0.39 is 27.8 Å². The van der Waals surface area contributed by atoms with Gasteiger partial charge in [-0.05, 0) is 42.9 Å². The van der Waals surface area contributed by atoms with Crippen molar-refractivity contribution in [1.29, 1.82) is 0 Å². The lowest BCUT2D eigenvalue weighted by Gasteiger charge is -2.15. The van der Waals surface area contributed by atoms with Gasteiger partial charge in [-0.2, -0.15) is 0 Å². The Morgan fingerprint density at radius 3 is 2.36 bits per heavy atom. The number of esters is 1. The maximum atomic E-state index is 12.1. The van der Waals surface area contributed by atoms with E-state index in [1.54, 1.807) is 0 Å². The summed E-state index contributed by atoms with van der Waals surface area (Å²) in [5.74, 6) is -0.622. The molecule has 0 unspecified atom stereocenters. The highest BCUT2D eigenvalue weighted by Gasteiger charge is 2.30. The van der Waals surface area contributed by atoms with E-state index in [9.17, 15) is 18.0 Å². The minimum absolute atomic E-state index is 0.0187. The maximum absolute atomic E-state index is 12.1. The quantitative estimate of drug-likeness (QED) is 0.780. The molecular weight excluding hydrogens is 342 g/mol. The Morgan fingerprint density at radius 2 is 1.84 bits per heavy atom. The molecule has 0 bridgehead atoms. The van der Waals surface area contributed by atoms with Gasteiger partial charge in [-0.25, -0.2) is 8.42 Å². The van der Waals surface area contributed by atoms with Crippen LogP contribution in [0.1, 0.15) is 45.1 Å². The van der Waals surface area contributed by atoms with Crippen molar-refractivity contribution in [2.45, 2.75) is 45.6 Å². The Kier molecular flexibility index (Phi) is 6.21. The Labute approximate surface area is 148 Å². The number of rotatable bonds is 6. The zero-order valence-corrected chi connectivity index (χ0v) is 15.6. The highest BCUT2D eigenvalue weighted by atomic mass is 32.2. The van der Waals surface area contributed by atoms with Gasteiger partial charge in [0.25, 0.3) is 5.91 Å². The fraction of sp³-hybridized carbons (Fsp3) is 0.556. The Hall–Kier alpha value is -1.89. The first-order valence-electron chi connectivity index (χ1n) is 8.47. The van der Waals surface area contributed by atoms with Crippen molar-refractivity contribution < 1.29 is 22.7 Å². The largest absolute Gasteiger partial charge is 0.453 e. The van der Waals surface area contributed by atoms with E-state index in [4.69, 9.17) is 4.74 Å². The summed E-state index contributed by atoms with van der Waals surface area (Å²) in [5.41, 5.74) is 1.81. The zero-order chi connectivity index (χ0) is 18.6. The predicted molar refractivity (Wildman–Crippen MR) is 96.1 cm³/mol. The van der Waals surface area contributed by atoms with Gasteiger partial charge in [0.05, 0.1) is 11.5 Å². The van der Waals surface area contributed by atoms with Crippen LogP contribution in [0.5, 0.6) is 0 Å². The van der Waals surface area contributed by atoms with Crippen LogP contribution >= 0.6 is 0 Å². The van der Waals surface area contributed by atoms with Crippen LogP contribution in [0.2, 0.25) is 0 Å². The molecule has 138 valence electrons. The molecule has 1 heterocycles. The van der Waals surface area contributed by atoms with E-state index in [0.717, 1.165) is 0 Å². The number of hydrogen-bond acceptors (Lipinski definition) is 5. The van der Waals surface area contributed by atoms with Crippen molar-refractivity contribution in [2.75, 3.05) is 16.8 Å². The van der Waals surface area contributed by atoms with Gasteiger partial charge >= 0.3 is 5.97 Å². The van der Waals surface area contributed by atoms with Gasteiger partial charge in [-0.1, -0.05) is 26.0 Å². The SMILES string of the molecule is CC(C)c1ccc(NC(=O)[C@H](C)OC(=O)C[C@@H]2CCS(=O)(=O)C2)cc1. The van der Waals surface area contributed by atoms with Gasteiger partial charge in [0, 0.05) is 12.1 Å². The minimum atomic E-state index is -3.02. The summed E-state index contributed by atoms with van der Waals surface area (Å²) < 4.78 is 27.9. The summed E-state index contributed by atoms with van der Waals surface area (Å²) in [6, 6.07) is 7.51. The Morgan fingerprint density at radius 1 is 1.20 bits per heavy atom. The van der Waals surface area contributed by atoms with Gasteiger partial charge in [0.1, 0.15) is 0 Å². The summed E-state index contributed by atoms with van der Waals surface area (Å²) in [4.78, 5) is 24.0. The topological polar surface area (TPSA) is 89.5 Å². The third-order valence-electron chi connectivity index (χ3n) is 4.30. The highest BCUT2D eigenvalue weighted by Crippen LogP contribution is 2.22. The number of hydrogen-bond donors (Lipinski definition) is 1. The van der Waals surface area contributed by atoms with E-state index in [1.807, 2.05) is 24.3 Å². The lowest BCUT2D eigenvalue weighted by Crippen LogP contribution is -2.30. The third-order valence-corrected chi connectivity index (χ3v) is 6.14. The van der Waals surface area contributed by atoms with Crippen LogP contribution in [0.4, 0.5) is 5.69 Å². The molecule has 1 N–H and O–H groups in total. The van der Waals surface area contributed by atoms with Crippen molar-refractivity contribution in [3.8, 4) is 0 Å². The molecule has 0 saturated carbocycles. The molecule has 1 aliphatic heterocycles. The zero-order valence-electron chi connectivity index (χ0n) is 14.8. The second-order valence-corrected chi connectivity index (χ2v) is 9.10. The second kappa shape index (κ2) is 7.99. The first-order chi connectivity index (χ1) is 11.7. The number of ether oxygens (including phenoxy) is 1. The predicted octanol–water partition coefficient (Wildman–Crippen LogP) is 2.51. The monoisotopic (exact) mass is 367 g/mol. The van der Waals surface area contributed by atoms with Crippen molar-refractivity contribution >= 4 is 27.4 Å². The lowest BCUT2D eigenvalue weighted by molar-refractivity contribution is -0.153. The fourth-order valence-corrected chi connectivity index (χ4v) is 4.62. The molecule has 0 aliphatic carbocycles. The molecule has 0 spiro atoms. The number of nitrogens with one attached hydrogen (secondary N) is 1. The molecule has 0 radical (unpaired) electrons. The van der Waals surface area contributed by atoms with Gasteiger partial charge in [0.2, 0.25) is 0 Å². The molecule has 1 amide bonds. The summed E-state index contributed by atoms with van der Waals surface area (Å²) >= 11 is 0. The van der Waals surface area contributed by atoms with Crippen molar-refractivity contribution in [2.24, 2.45) is 5.92 Å². The van der Waals surface area contributed by atoms with E-state index in [-0.39, 0.29) is 23.8 Å². The summed E-state index contributed by atoms with van der Waals surface area (Å²) in [7, 11) is -3.02. The van der Waals surface area contributed by atoms with Gasteiger partial charge in [0.15, 0.2) is 15.9 Å². The summed E-state index contributed by atoms with van der Waals surface area (Å²) in [6.45, 7) is 5.68. The van der Waals surface area contributed by atoms with E-state index >= 15 is 0 Å². The number of benzene rings is 1. The number of carbonyl (C=O) groups excluding carboxylic acids is 2. The van der Waals surface area contributed by atoms with Crippen LogP contribution in [0.3, 0.4) is 0 Å². The van der Waals surface area contributed by atoms with Gasteiger partial charge < -0.3 is 10.1 Å². The number of carbonyl (C=O) groups is 2. The standard InChI is InChI=1S/C18H25NO5S/c1-12(2)15-4-6-16(7-5-15)19-18(21)13(3)24-17(20)10-14-8-9-25(22,23)11-14/h4-7,12-14H,8-11H2,1-3H3,(H,19,21)/t13-,14-/m0/s1. The van der Waals surface area contributed by atoms with Crippen LogP contribution < -0.4 is 5.32 Å². The Bertz CT molecular complexity index is 724. The van der Waals surface area contributed by atoms with Crippen LogP contribution in [-0.2, 0) is 24.2 Å². The van der Waals surface area contributed by atoms with E-state index in [1.165, 1.54) is 12.5 Å². The number of sulfone groups is 1. The normalized spacial score (nSPS) is 20.2. The second-order valence-electron chi connectivity index (χ2n) is 6.87. The van der Waals surface area contributed by atoms with Crippen LogP contribution in [0.15, 0.2) is 24.3 Å². The fourth-order valence-electron chi connectivity index (χ4n) is 2.76. The molecule has 6 nitrogen and oxygen atoms in total. The molecule has 7 heteroatoms. The van der Waals surface area contributed by atoms with Crippen LogP contribution in [-0.4, -0.2) is 37.9 Å². The average Bonchev–Trinajstić information content (AvgIpc) is 2.86. The van der Waals surface area contributed by atoms with Crippen LogP contribution in [0, 0.1) is 5.92 Å². The first-order valence-corrected chi connectivity index (χ1v) is 10.3. The molecular formula is C18H25NO5S. The molecule has 1 aliphatic rings. The van der Waals surface area contributed by atoms with E-state index in [0.29, 0.717) is 18.0 Å².